The molecule has 0 radical (unpaired) electrons. The van der Waals surface area contributed by atoms with Gasteiger partial charge in [0.1, 0.15) is 0 Å². The normalized spacial score (nSPS) is 10.7. The van der Waals surface area contributed by atoms with Crippen molar-refractivity contribution in [2.45, 2.75) is 13.8 Å². The number of aryl methyl sites for hydroxylation is 1. The number of para-hydroxylation sites is 1. The number of hydrogen-bond acceptors (Lipinski definition) is 2. The summed E-state index contributed by atoms with van der Waals surface area (Å²) >= 11 is 0. The Bertz CT molecular complexity index is 917. The van der Waals surface area contributed by atoms with Crippen LogP contribution >= 0.6 is 0 Å². The molecule has 3 aromatic rings. The van der Waals surface area contributed by atoms with Crippen molar-refractivity contribution in [3.63, 3.8) is 0 Å². The number of nitrogens with zero attached hydrogens (tertiary/aromatic N) is 1. The van der Waals surface area contributed by atoms with Gasteiger partial charge in [-0.05, 0) is 44.2 Å². The van der Waals surface area contributed by atoms with Crippen molar-refractivity contribution in [2.75, 3.05) is 11.9 Å². The number of aromatic nitrogens is 1. The van der Waals surface area contributed by atoms with Gasteiger partial charge in [-0.1, -0.05) is 18.2 Å². The molecule has 0 saturated heterocycles. The standard InChI is InChI=1S/C20H18F2N2O/c1-13-10-17(14(2)24(13)16-6-4-3-5-7-16)20(25)12-23-15-8-9-18(21)19(22)11-15/h3-11,23H,12H2,1-2H3. The van der Waals surface area contributed by atoms with E-state index >= 15 is 0 Å². The lowest BCUT2D eigenvalue weighted by atomic mass is 10.1. The molecule has 0 atom stereocenters. The van der Waals surface area contributed by atoms with Crippen molar-refractivity contribution in [3.05, 3.63) is 83.2 Å². The molecule has 1 aromatic heterocycles. The molecule has 0 bridgehead atoms. The fourth-order valence-electron chi connectivity index (χ4n) is 2.90. The third kappa shape index (κ3) is 3.45. The molecule has 0 aliphatic carbocycles. The van der Waals surface area contributed by atoms with Crippen molar-refractivity contribution in [3.8, 4) is 5.69 Å². The predicted molar refractivity (Wildman–Crippen MR) is 94.4 cm³/mol. The van der Waals surface area contributed by atoms with E-state index < -0.39 is 11.6 Å². The first kappa shape index (κ1) is 16.9. The van der Waals surface area contributed by atoms with E-state index in [1.165, 1.54) is 6.07 Å². The summed E-state index contributed by atoms with van der Waals surface area (Å²) in [6, 6.07) is 15.1. The number of rotatable bonds is 5. The zero-order valence-corrected chi connectivity index (χ0v) is 14.0. The first-order chi connectivity index (χ1) is 12.0. The maximum absolute atomic E-state index is 13.2. The van der Waals surface area contributed by atoms with Crippen LogP contribution in [0.15, 0.2) is 54.6 Å². The van der Waals surface area contributed by atoms with E-state index in [0.717, 1.165) is 29.2 Å². The van der Waals surface area contributed by atoms with Gasteiger partial charge in [0.25, 0.3) is 0 Å². The summed E-state index contributed by atoms with van der Waals surface area (Å²) in [5.41, 5.74) is 3.77. The number of carbonyl (C=O) groups excluding carboxylic acids is 1. The zero-order valence-electron chi connectivity index (χ0n) is 14.0. The highest BCUT2D eigenvalue weighted by Gasteiger charge is 2.16. The first-order valence-electron chi connectivity index (χ1n) is 7.94. The molecule has 0 unspecified atom stereocenters. The molecule has 2 aromatic carbocycles. The Labute approximate surface area is 144 Å². The molecule has 5 heteroatoms. The molecule has 0 aliphatic heterocycles. The van der Waals surface area contributed by atoms with Gasteiger partial charge in [0.05, 0.1) is 6.54 Å². The summed E-state index contributed by atoms with van der Waals surface area (Å²) in [7, 11) is 0. The van der Waals surface area contributed by atoms with Crippen LogP contribution in [-0.4, -0.2) is 16.9 Å². The van der Waals surface area contributed by atoms with Crippen LogP contribution in [0.5, 0.6) is 0 Å². The molecule has 0 aliphatic rings. The number of benzene rings is 2. The molecule has 128 valence electrons. The summed E-state index contributed by atoms with van der Waals surface area (Å²) in [6.07, 6.45) is 0. The van der Waals surface area contributed by atoms with Crippen LogP contribution < -0.4 is 5.32 Å². The first-order valence-corrected chi connectivity index (χ1v) is 7.94. The van der Waals surface area contributed by atoms with Crippen molar-refractivity contribution >= 4 is 11.5 Å². The van der Waals surface area contributed by atoms with E-state index in [-0.39, 0.29) is 12.3 Å². The largest absolute Gasteiger partial charge is 0.377 e. The van der Waals surface area contributed by atoms with Crippen LogP contribution in [-0.2, 0) is 0 Å². The second-order valence-corrected chi connectivity index (χ2v) is 5.86. The maximum Gasteiger partial charge on any atom is 0.183 e. The maximum atomic E-state index is 13.2. The molecule has 0 saturated carbocycles. The number of carbonyl (C=O) groups is 1. The summed E-state index contributed by atoms with van der Waals surface area (Å²) in [4.78, 5) is 12.5. The predicted octanol–water partition coefficient (Wildman–Crippen LogP) is 4.67. The van der Waals surface area contributed by atoms with E-state index in [1.807, 2.05) is 54.8 Å². The van der Waals surface area contributed by atoms with Crippen molar-refractivity contribution in [1.82, 2.24) is 4.57 Å². The van der Waals surface area contributed by atoms with E-state index in [1.54, 1.807) is 0 Å². The van der Waals surface area contributed by atoms with E-state index in [0.29, 0.717) is 11.3 Å². The Morgan fingerprint density at radius 3 is 2.40 bits per heavy atom. The number of nitrogens with one attached hydrogen (secondary N) is 1. The monoisotopic (exact) mass is 340 g/mol. The van der Waals surface area contributed by atoms with Gasteiger partial charge in [-0.2, -0.15) is 0 Å². The number of hydrogen-bond donors (Lipinski definition) is 1. The molecule has 25 heavy (non-hydrogen) atoms. The van der Waals surface area contributed by atoms with Gasteiger partial charge in [-0.25, -0.2) is 8.78 Å². The topological polar surface area (TPSA) is 34.0 Å². The lowest BCUT2D eigenvalue weighted by Crippen LogP contribution is -2.15. The lowest BCUT2D eigenvalue weighted by Gasteiger charge is -2.10. The number of anilines is 1. The van der Waals surface area contributed by atoms with E-state index in [4.69, 9.17) is 0 Å². The molecule has 1 heterocycles. The molecular formula is C20H18F2N2O. The SMILES string of the molecule is Cc1cc(C(=O)CNc2ccc(F)c(F)c2)c(C)n1-c1ccccc1. The van der Waals surface area contributed by atoms with Crippen LogP contribution in [0.25, 0.3) is 5.69 Å². The Hall–Kier alpha value is -2.95. The quantitative estimate of drug-likeness (QED) is 0.685. The molecule has 1 N–H and O–H groups in total. The highest BCUT2D eigenvalue weighted by atomic mass is 19.2. The number of ketones is 1. The third-order valence-electron chi connectivity index (χ3n) is 4.12. The summed E-state index contributed by atoms with van der Waals surface area (Å²) in [5.74, 6) is -1.97. The van der Waals surface area contributed by atoms with Gasteiger partial charge in [0.15, 0.2) is 17.4 Å². The Balaban J connectivity index is 1.80. The van der Waals surface area contributed by atoms with E-state index in [9.17, 15) is 13.6 Å². The van der Waals surface area contributed by atoms with Crippen LogP contribution in [0.1, 0.15) is 21.7 Å². The van der Waals surface area contributed by atoms with Crippen LogP contribution in [0.4, 0.5) is 14.5 Å². The van der Waals surface area contributed by atoms with Gasteiger partial charge in [-0.3, -0.25) is 4.79 Å². The van der Waals surface area contributed by atoms with Crippen LogP contribution in [0, 0.1) is 25.5 Å². The lowest BCUT2D eigenvalue weighted by molar-refractivity contribution is 0.101. The minimum Gasteiger partial charge on any atom is -0.377 e. The molecule has 0 fully saturated rings. The Morgan fingerprint density at radius 2 is 1.72 bits per heavy atom. The second-order valence-electron chi connectivity index (χ2n) is 5.86. The summed E-state index contributed by atoms with van der Waals surface area (Å²) in [6.45, 7) is 3.84. The summed E-state index contributed by atoms with van der Waals surface area (Å²) < 4.78 is 28.2. The molecule has 0 amide bonds. The Kier molecular flexibility index (Phi) is 4.65. The Morgan fingerprint density at radius 1 is 1.00 bits per heavy atom. The summed E-state index contributed by atoms with van der Waals surface area (Å²) in [5, 5.41) is 2.84. The average molecular weight is 340 g/mol. The van der Waals surface area contributed by atoms with Gasteiger partial charge >= 0.3 is 0 Å². The molecular weight excluding hydrogens is 322 g/mol. The van der Waals surface area contributed by atoms with Crippen molar-refractivity contribution < 1.29 is 13.6 Å². The minimum absolute atomic E-state index is 0.00412. The van der Waals surface area contributed by atoms with Crippen LogP contribution in [0.2, 0.25) is 0 Å². The number of Topliss-reactive ketones (excluding diaryl/α,β-unsaturated/α-hetero) is 1. The van der Waals surface area contributed by atoms with E-state index in [2.05, 4.69) is 5.32 Å². The number of halogens is 2. The fraction of sp³-hybridized carbons (Fsp3) is 0.150. The van der Waals surface area contributed by atoms with Crippen LogP contribution in [0.3, 0.4) is 0 Å². The minimum atomic E-state index is -0.945. The van der Waals surface area contributed by atoms with Gasteiger partial charge < -0.3 is 9.88 Å². The van der Waals surface area contributed by atoms with Crippen molar-refractivity contribution in [2.24, 2.45) is 0 Å². The van der Waals surface area contributed by atoms with Crippen molar-refractivity contribution in [1.29, 1.82) is 0 Å². The average Bonchev–Trinajstić information content (AvgIpc) is 2.91. The molecule has 3 rings (SSSR count). The molecule has 3 nitrogen and oxygen atoms in total. The zero-order chi connectivity index (χ0) is 18.0. The third-order valence-corrected chi connectivity index (χ3v) is 4.12. The highest BCUT2D eigenvalue weighted by molar-refractivity contribution is 6.00. The molecule has 0 spiro atoms. The van der Waals surface area contributed by atoms with Gasteiger partial charge in [-0.15, -0.1) is 0 Å². The second kappa shape index (κ2) is 6.89. The fourth-order valence-corrected chi connectivity index (χ4v) is 2.90. The highest BCUT2D eigenvalue weighted by Crippen LogP contribution is 2.21. The smallest absolute Gasteiger partial charge is 0.183 e. The van der Waals surface area contributed by atoms with Gasteiger partial charge in [0.2, 0.25) is 0 Å². The van der Waals surface area contributed by atoms with Gasteiger partial charge in [0, 0.05) is 34.4 Å².